The highest BCUT2D eigenvalue weighted by atomic mass is 16.1. The summed E-state index contributed by atoms with van der Waals surface area (Å²) in [6.45, 7) is 5.09. The first kappa shape index (κ1) is 13.4. The van der Waals surface area contributed by atoms with Gasteiger partial charge in [0.1, 0.15) is 0 Å². The smallest absolute Gasteiger partial charge is 0.236 e. The van der Waals surface area contributed by atoms with Crippen molar-refractivity contribution in [2.24, 2.45) is 5.73 Å². The van der Waals surface area contributed by atoms with Crippen LogP contribution < -0.4 is 16.4 Å². The van der Waals surface area contributed by atoms with Crippen molar-refractivity contribution < 1.29 is 4.79 Å². The Kier molecular flexibility index (Phi) is 4.82. The summed E-state index contributed by atoms with van der Waals surface area (Å²) in [5.41, 5.74) is 14.0. The van der Waals surface area contributed by atoms with Crippen LogP contribution in [0.1, 0.15) is 25.3 Å². The fraction of sp³-hybridized carbons (Fsp3) is 0.462. The van der Waals surface area contributed by atoms with Crippen molar-refractivity contribution in [3.8, 4) is 0 Å². The molecule has 1 rings (SSSR count). The Hall–Kier alpha value is -1.71. The number of hydrogen-bond acceptors (Lipinski definition) is 3. The maximum atomic E-state index is 11.1. The third-order valence-electron chi connectivity index (χ3n) is 2.77. The average molecular weight is 235 g/mol. The topological polar surface area (TPSA) is 72.3 Å². The lowest BCUT2D eigenvalue weighted by Crippen LogP contribution is -2.35. The van der Waals surface area contributed by atoms with Crippen LogP contribution in [-0.4, -0.2) is 19.0 Å². The van der Waals surface area contributed by atoms with Gasteiger partial charge < -0.3 is 16.4 Å². The maximum Gasteiger partial charge on any atom is 0.236 e. The van der Waals surface area contributed by atoms with E-state index >= 15 is 0 Å². The van der Waals surface area contributed by atoms with E-state index in [-0.39, 0.29) is 12.5 Å². The van der Waals surface area contributed by atoms with Gasteiger partial charge in [-0.15, -0.1) is 0 Å². The van der Waals surface area contributed by atoms with E-state index in [9.17, 15) is 4.79 Å². The van der Waals surface area contributed by atoms with Crippen LogP contribution in [0.25, 0.3) is 0 Å². The molecule has 0 aliphatic rings. The molecule has 0 fully saturated rings. The first-order chi connectivity index (χ1) is 8.06. The summed E-state index contributed by atoms with van der Waals surface area (Å²) in [6.07, 6.45) is 2.08. The van der Waals surface area contributed by atoms with Gasteiger partial charge in [-0.1, -0.05) is 25.5 Å². The van der Waals surface area contributed by atoms with Gasteiger partial charge >= 0.3 is 0 Å². The van der Waals surface area contributed by atoms with Gasteiger partial charge in [0.25, 0.3) is 0 Å². The molecule has 94 valence electrons. The van der Waals surface area contributed by atoms with Crippen LogP contribution in [0.5, 0.6) is 0 Å². The molecule has 1 aromatic carbocycles. The van der Waals surface area contributed by atoms with Gasteiger partial charge in [-0.3, -0.25) is 4.79 Å². The van der Waals surface area contributed by atoms with Gasteiger partial charge in [-0.2, -0.15) is 0 Å². The van der Waals surface area contributed by atoms with Crippen molar-refractivity contribution in [2.75, 3.05) is 23.7 Å². The number of benzene rings is 1. The number of rotatable bonds is 6. The molecule has 0 radical (unpaired) electrons. The molecule has 0 unspecified atom stereocenters. The van der Waals surface area contributed by atoms with Crippen molar-refractivity contribution >= 4 is 17.3 Å². The number of amides is 1. The van der Waals surface area contributed by atoms with Crippen molar-refractivity contribution in [1.82, 2.24) is 0 Å². The summed E-state index contributed by atoms with van der Waals surface area (Å²) in [5.74, 6) is -0.331. The van der Waals surface area contributed by atoms with Gasteiger partial charge in [0.05, 0.1) is 17.9 Å². The van der Waals surface area contributed by atoms with Crippen molar-refractivity contribution in [2.45, 2.75) is 26.7 Å². The van der Waals surface area contributed by atoms with Gasteiger partial charge in [-0.05, 0) is 25.0 Å². The molecule has 0 aliphatic carbocycles. The number of primary amides is 1. The molecule has 4 nitrogen and oxygen atoms in total. The Morgan fingerprint density at radius 2 is 2.12 bits per heavy atom. The van der Waals surface area contributed by atoms with Crippen LogP contribution in [-0.2, 0) is 4.79 Å². The second kappa shape index (κ2) is 6.13. The standard InChI is InChI=1S/C13H21N3O/c1-3-4-8-16(9-12(14)17)11-7-5-6-10(2)13(11)15/h5-7H,3-4,8-9,15H2,1-2H3,(H2,14,17). The van der Waals surface area contributed by atoms with Crippen LogP contribution in [0.15, 0.2) is 18.2 Å². The Balaban J connectivity index is 2.94. The lowest BCUT2D eigenvalue weighted by atomic mass is 10.1. The van der Waals surface area contributed by atoms with Gasteiger partial charge in [0.2, 0.25) is 5.91 Å². The van der Waals surface area contributed by atoms with E-state index in [4.69, 9.17) is 11.5 Å². The molecule has 17 heavy (non-hydrogen) atoms. The van der Waals surface area contributed by atoms with E-state index in [1.54, 1.807) is 0 Å². The Labute approximate surface area is 103 Å². The molecule has 4 heteroatoms. The van der Waals surface area contributed by atoms with Crippen LogP contribution in [0.4, 0.5) is 11.4 Å². The predicted octanol–water partition coefficient (Wildman–Crippen LogP) is 1.67. The zero-order chi connectivity index (χ0) is 12.8. The highest BCUT2D eigenvalue weighted by Crippen LogP contribution is 2.26. The van der Waals surface area contributed by atoms with Crippen LogP contribution in [0.3, 0.4) is 0 Å². The van der Waals surface area contributed by atoms with E-state index in [1.807, 2.05) is 30.0 Å². The number of nitrogens with zero attached hydrogens (tertiary/aromatic N) is 1. The normalized spacial score (nSPS) is 10.2. The summed E-state index contributed by atoms with van der Waals surface area (Å²) in [6, 6.07) is 5.84. The maximum absolute atomic E-state index is 11.1. The largest absolute Gasteiger partial charge is 0.397 e. The quantitative estimate of drug-likeness (QED) is 0.737. The molecular formula is C13H21N3O. The second-order valence-corrected chi connectivity index (χ2v) is 4.25. The zero-order valence-electron chi connectivity index (χ0n) is 10.6. The van der Waals surface area contributed by atoms with Gasteiger partial charge in [-0.25, -0.2) is 0 Å². The summed E-state index contributed by atoms with van der Waals surface area (Å²) in [4.78, 5) is 13.0. The molecule has 1 amide bonds. The highest BCUT2D eigenvalue weighted by Gasteiger charge is 2.12. The van der Waals surface area contributed by atoms with Crippen LogP contribution in [0.2, 0.25) is 0 Å². The van der Waals surface area contributed by atoms with Crippen LogP contribution in [0, 0.1) is 6.92 Å². The monoisotopic (exact) mass is 235 g/mol. The SMILES string of the molecule is CCCCN(CC(N)=O)c1cccc(C)c1N. The fourth-order valence-corrected chi connectivity index (χ4v) is 1.76. The number of hydrogen-bond donors (Lipinski definition) is 2. The molecular weight excluding hydrogens is 214 g/mol. The van der Waals surface area contributed by atoms with Crippen molar-refractivity contribution in [1.29, 1.82) is 0 Å². The van der Waals surface area contributed by atoms with E-state index in [2.05, 4.69) is 6.92 Å². The summed E-state index contributed by atoms with van der Waals surface area (Å²) >= 11 is 0. The summed E-state index contributed by atoms with van der Waals surface area (Å²) in [5, 5.41) is 0. The third-order valence-corrected chi connectivity index (χ3v) is 2.77. The van der Waals surface area contributed by atoms with Crippen LogP contribution >= 0.6 is 0 Å². The molecule has 0 atom stereocenters. The number of carbonyl (C=O) groups is 1. The average Bonchev–Trinajstić information content (AvgIpc) is 2.28. The number of para-hydroxylation sites is 1. The number of anilines is 2. The predicted molar refractivity (Wildman–Crippen MR) is 71.9 cm³/mol. The summed E-state index contributed by atoms with van der Waals surface area (Å²) in [7, 11) is 0. The minimum Gasteiger partial charge on any atom is -0.397 e. The molecule has 0 bridgehead atoms. The molecule has 0 aromatic heterocycles. The zero-order valence-corrected chi connectivity index (χ0v) is 10.6. The Morgan fingerprint density at radius 1 is 1.41 bits per heavy atom. The number of unbranched alkanes of at least 4 members (excludes halogenated alkanes) is 1. The fourth-order valence-electron chi connectivity index (χ4n) is 1.76. The Morgan fingerprint density at radius 3 is 2.71 bits per heavy atom. The lowest BCUT2D eigenvalue weighted by Gasteiger charge is -2.25. The van der Waals surface area contributed by atoms with E-state index in [0.717, 1.165) is 36.3 Å². The minimum atomic E-state index is -0.331. The van der Waals surface area contributed by atoms with Crippen molar-refractivity contribution in [3.05, 3.63) is 23.8 Å². The number of carbonyl (C=O) groups excluding carboxylic acids is 1. The first-order valence-corrected chi connectivity index (χ1v) is 5.94. The summed E-state index contributed by atoms with van der Waals surface area (Å²) < 4.78 is 0. The molecule has 4 N–H and O–H groups in total. The molecule has 0 aliphatic heterocycles. The second-order valence-electron chi connectivity index (χ2n) is 4.25. The van der Waals surface area contributed by atoms with Gasteiger partial charge in [0.15, 0.2) is 0 Å². The van der Waals surface area contributed by atoms with E-state index < -0.39 is 0 Å². The molecule has 1 aromatic rings. The highest BCUT2D eigenvalue weighted by molar-refractivity contribution is 5.82. The first-order valence-electron chi connectivity index (χ1n) is 5.94. The van der Waals surface area contributed by atoms with E-state index in [0.29, 0.717) is 0 Å². The Bertz CT molecular complexity index is 390. The van der Waals surface area contributed by atoms with E-state index in [1.165, 1.54) is 0 Å². The lowest BCUT2D eigenvalue weighted by molar-refractivity contribution is -0.116. The molecule has 0 saturated carbocycles. The van der Waals surface area contributed by atoms with Crippen molar-refractivity contribution in [3.63, 3.8) is 0 Å². The van der Waals surface area contributed by atoms with Gasteiger partial charge in [0, 0.05) is 6.54 Å². The minimum absolute atomic E-state index is 0.216. The number of nitrogens with two attached hydrogens (primary N) is 2. The number of nitrogen functional groups attached to an aromatic ring is 1. The third kappa shape index (κ3) is 3.66. The molecule has 0 saturated heterocycles. The molecule has 0 heterocycles. The molecule has 0 spiro atoms. The number of aryl methyl sites for hydroxylation is 1.